The van der Waals surface area contributed by atoms with Gasteiger partial charge in [-0.1, -0.05) is 27.5 Å². The molecule has 0 amide bonds. The van der Waals surface area contributed by atoms with Crippen LogP contribution >= 0.6 is 39.7 Å². The molecule has 1 heterocycles. The molecular formula is C13H6BrClF2N2S. The molecule has 0 spiro atoms. The highest BCUT2D eigenvalue weighted by atomic mass is 79.9. The minimum Gasteiger partial charge on any atom is -0.330 e. The second-order valence-corrected chi connectivity index (χ2v) is 5.85. The van der Waals surface area contributed by atoms with Gasteiger partial charge < -0.3 is 4.98 Å². The second kappa shape index (κ2) is 4.95. The van der Waals surface area contributed by atoms with Crippen LogP contribution in [-0.2, 0) is 0 Å². The third-order valence-corrected chi connectivity index (χ3v) is 3.94. The van der Waals surface area contributed by atoms with Gasteiger partial charge in [0.1, 0.15) is 11.6 Å². The highest BCUT2D eigenvalue weighted by Crippen LogP contribution is 2.27. The molecule has 0 aliphatic carbocycles. The lowest BCUT2D eigenvalue weighted by molar-refractivity contribution is 0.618. The molecule has 0 fully saturated rings. The smallest absolute Gasteiger partial charge is 0.182 e. The minimum atomic E-state index is -0.557. The molecule has 0 aliphatic rings. The van der Waals surface area contributed by atoms with Crippen LogP contribution < -0.4 is 0 Å². The maximum Gasteiger partial charge on any atom is 0.182 e. The van der Waals surface area contributed by atoms with Crippen LogP contribution in [0, 0.1) is 16.4 Å². The number of imidazole rings is 1. The molecule has 0 saturated carbocycles. The number of H-pyrrole nitrogens is 1. The Morgan fingerprint density at radius 1 is 1.15 bits per heavy atom. The van der Waals surface area contributed by atoms with E-state index in [0.29, 0.717) is 15.5 Å². The molecular weight excluding hydrogens is 370 g/mol. The van der Waals surface area contributed by atoms with Crippen LogP contribution in [0.4, 0.5) is 8.78 Å². The summed E-state index contributed by atoms with van der Waals surface area (Å²) in [5, 5.41) is -0.0437. The molecule has 20 heavy (non-hydrogen) atoms. The van der Waals surface area contributed by atoms with Gasteiger partial charge in [0.2, 0.25) is 0 Å². The Bertz CT molecular complexity index is 888. The monoisotopic (exact) mass is 374 g/mol. The van der Waals surface area contributed by atoms with E-state index >= 15 is 0 Å². The number of nitrogens with zero attached hydrogens (tertiary/aromatic N) is 1. The van der Waals surface area contributed by atoms with Gasteiger partial charge in [0, 0.05) is 10.5 Å². The van der Waals surface area contributed by atoms with E-state index in [2.05, 4.69) is 20.9 Å². The third-order valence-electron chi connectivity index (χ3n) is 2.87. The van der Waals surface area contributed by atoms with Crippen molar-refractivity contribution in [3.05, 3.63) is 56.2 Å². The number of hydrogen-bond donors (Lipinski definition) is 1. The number of aromatic nitrogens is 2. The van der Waals surface area contributed by atoms with Gasteiger partial charge in [0.15, 0.2) is 4.77 Å². The van der Waals surface area contributed by atoms with E-state index in [-0.39, 0.29) is 15.5 Å². The number of benzene rings is 2. The zero-order valence-electron chi connectivity index (χ0n) is 9.75. The number of aromatic amines is 1. The van der Waals surface area contributed by atoms with Crippen molar-refractivity contribution in [2.24, 2.45) is 0 Å². The number of rotatable bonds is 1. The first-order valence-corrected chi connectivity index (χ1v) is 7.10. The Hall–Kier alpha value is -1.24. The van der Waals surface area contributed by atoms with Gasteiger partial charge in [-0.2, -0.15) is 0 Å². The molecule has 0 bridgehead atoms. The minimum absolute atomic E-state index is 0.0437. The van der Waals surface area contributed by atoms with Crippen LogP contribution in [0.15, 0.2) is 34.8 Å². The van der Waals surface area contributed by atoms with E-state index in [1.54, 1.807) is 12.1 Å². The lowest BCUT2D eigenvalue weighted by Gasteiger charge is -2.07. The molecule has 102 valence electrons. The molecule has 0 saturated heterocycles. The van der Waals surface area contributed by atoms with Gasteiger partial charge in [-0.05, 0) is 36.5 Å². The van der Waals surface area contributed by atoms with Crippen molar-refractivity contribution >= 4 is 50.8 Å². The first-order chi connectivity index (χ1) is 9.47. The van der Waals surface area contributed by atoms with Crippen molar-refractivity contribution in [3.8, 4) is 5.69 Å². The maximum absolute atomic E-state index is 14.1. The number of halogens is 4. The van der Waals surface area contributed by atoms with Gasteiger partial charge in [0.25, 0.3) is 0 Å². The molecule has 1 aromatic heterocycles. The van der Waals surface area contributed by atoms with E-state index in [1.807, 2.05) is 0 Å². The summed E-state index contributed by atoms with van der Waals surface area (Å²) in [5.74, 6) is -1.00. The van der Waals surface area contributed by atoms with E-state index in [4.69, 9.17) is 23.8 Å². The molecule has 2 nitrogen and oxygen atoms in total. The zero-order chi connectivity index (χ0) is 14.4. The van der Waals surface area contributed by atoms with E-state index < -0.39 is 11.6 Å². The number of hydrogen-bond acceptors (Lipinski definition) is 1. The summed E-state index contributed by atoms with van der Waals surface area (Å²) in [4.78, 5) is 2.84. The van der Waals surface area contributed by atoms with E-state index in [1.165, 1.54) is 22.8 Å². The fraction of sp³-hybridized carbons (Fsp3) is 0. The first-order valence-electron chi connectivity index (χ1n) is 5.52. The summed E-state index contributed by atoms with van der Waals surface area (Å²) in [5.41, 5.74) is 1.24. The topological polar surface area (TPSA) is 20.7 Å². The van der Waals surface area contributed by atoms with Gasteiger partial charge in [-0.3, -0.25) is 4.57 Å². The Kier molecular flexibility index (Phi) is 3.40. The van der Waals surface area contributed by atoms with Gasteiger partial charge >= 0.3 is 0 Å². The Labute approximate surface area is 131 Å². The standard InChI is InChI=1S/C13H6BrClF2N2S/c14-6-1-2-11(9(17)3-6)19-12-4-7(15)8(16)5-10(12)18-13(19)20/h1-5H,(H,18,20). The summed E-state index contributed by atoms with van der Waals surface area (Å²) in [6.45, 7) is 0. The highest BCUT2D eigenvalue weighted by Gasteiger charge is 2.13. The molecule has 7 heteroatoms. The summed E-state index contributed by atoms with van der Waals surface area (Å²) >= 11 is 14.2. The van der Waals surface area contributed by atoms with Crippen LogP contribution in [0.1, 0.15) is 0 Å². The quantitative estimate of drug-likeness (QED) is 0.566. The largest absolute Gasteiger partial charge is 0.330 e. The van der Waals surface area contributed by atoms with Crippen LogP contribution in [0.2, 0.25) is 5.02 Å². The molecule has 3 aromatic rings. The summed E-state index contributed by atoms with van der Waals surface area (Å²) in [6, 6.07) is 7.27. The lowest BCUT2D eigenvalue weighted by Crippen LogP contribution is -1.97. The molecule has 1 N–H and O–H groups in total. The van der Waals surface area contributed by atoms with Crippen molar-refractivity contribution in [2.45, 2.75) is 0 Å². The maximum atomic E-state index is 14.1. The number of nitrogens with one attached hydrogen (secondary N) is 1. The SMILES string of the molecule is Fc1cc2[nH]c(=S)n(-c3ccc(Br)cc3F)c2cc1Cl. The number of fused-ring (bicyclic) bond motifs is 1. The van der Waals surface area contributed by atoms with E-state index in [0.717, 1.165) is 0 Å². The van der Waals surface area contributed by atoms with Crippen LogP contribution in [0.3, 0.4) is 0 Å². The predicted molar refractivity (Wildman–Crippen MR) is 81.1 cm³/mol. The highest BCUT2D eigenvalue weighted by molar-refractivity contribution is 9.10. The van der Waals surface area contributed by atoms with Crippen LogP contribution in [0.25, 0.3) is 16.7 Å². The summed E-state index contributed by atoms with van der Waals surface area (Å²) < 4.78 is 29.9. The molecule has 2 aromatic carbocycles. The first kappa shape index (κ1) is 13.7. The van der Waals surface area contributed by atoms with E-state index in [9.17, 15) is 8.78 Å². The average Bonchev–Trinajstić information content (AvgIpc) is 2.66. The lowest BCUT2D eigenvalue weighted by atomic mass is 10.2. The molecule has 0 atom stereocenters. The molecule has 0 unspecified atom stereocenters. The van der Waals surface area contributed by atoms with Crippen molar-refractivity contribution in [3.63, 3.8) is 0 Å². The zero-order valence-corrected chi connectivity index (χ0v) is 12.9. The predicted octanol–water partition coefficient (Wildman–Crippen LogP) is 5.38. The molecule has 0 aliphatic heterocycles. The Morgan fingerprint density at radius 3 is 2.60 bits per heavy atom. The van der Waals surface area contributed by atoms with Gasteiger partial charge in [-0.15, -0.1) is 0 Å². The van der Waals surface area contributed by atoms with Crippen molar-refractivity contribution in [2.75, 3.05) is 0 Å². The third kappa shape index (κ3) is 2.17. The van der Waals surface area contributed by atoms with Crippen molar-refractivity contribution in [1.82, 2.24) is 9.55 Å². The van der Waals surface area contributed by atoms with Gasteiger partial charge in [-0.25, -0.2) is 8.78 Å². The fourth-order valence-corrected chi connectivity index (χ4v) is 2.80. The van der Waals surface area contributed by atoms with Crippen LogP contribution in [-0.4, -0.2) is 9.55 Å². The summed E-state index contributed by atoms with van der Waals surface area (Å²) in [7, 11) is 0. The normalized spacial score (nSPS) is 11.2. The Balaban J connectivity index is 2.39. The van der Waals surface area contributed by atoms with Crippen LogP contribution in [0.5, 0.6) is 0 Å². The summed E-state index contributed by atoms with van der Waals surface area (Å²) in [6.07, 6.45) is 0. The average molecular weight is 376 g/mol. The van der Waals surface area contributed by atoms with Crippen molar-refractivity contribution < 1.29 is 8.78 Å². The molecule has 0 radical (unpaired) electrons. The Morgan fingerprint density at radius 2 is 1.90 bits per heavy atom. The second-order valence-electron chi connectivity index (χ2n) is 4.14. The molecule has 3 rings (SSSR count). The van der Waals surface area contributed by atoms with Gasteiger partial charge in [0.05, 0.1) is 21.7 Å². The fourth-order valence-electron chi connectivity index (χ4n) is 2.00. The van der Waals surface area contributed by atoms with Crippen molar-refractivity contribution in [1.29, 1.82) is 0 Å².